The van der Waals surface area contributed by atoms with Crippen LogP contribution in [0, 0.1) is 17.8 Å². The summed E-state index contributed by atoms with van der Waals surface area (Å²) >= 11 is 6.11. The van der Waals surface area contributed by atoms with Crippen molar-refractivity contribution >= 4 is 35.1 Å². The first-order valence-corrected chi connectivity index (χ1v) is 14.0. The summed E-state index contributed by atoms with van der Waals surface area (Å²) in [6.45, 7) is 10.4. The second kappa shape index (κ2) is 11.4. The highest BCUT2D eigenvalue weighted by Crippen LogP contribution is 2.65. The molecule has 3 aliphatic rings. The highest BCUT2D eigenvalue weighted by Gasteiger charge is 2.80. The maximum absolute atomic E-state index is 14.5. The molecule has 3 aliphatic heterocycles. The molecule has 2 amide bonds. The van der Waals surface area contributed by atoms with E-state index in [4.69, 9.17) is 26.2 Å². The van der Waals surface area contributed by atoms with Crippen molar-refractivity contribution in [1.29, 1.82) is 0 Å². The van der Waals surface area contributed by atoms with E-state index in [1.54, 1.807) is 47.1 Å². The number of carbonyl (C=O) groups is 3. The van der Waals surface area contributed by atoms with Gasteiger partial charge >= 0.3 is 5.97 Å². The second-order valence-corrected chi connectivity index (χ2v) is 11.3. The number of esters is 1. The summed E-state index contributed by atoms with van der Waals surface area (Å²) in [6.07, 6.45) is 5.16. The molecule has 9 heteroatoms. The Hall–Kier alpha value is -2.42. The van der Waals surface area contributed by atoms with Crippen LogP contribution in [0.3, 0.4) is 0 Å². The average Bonchev–Trinajstić information content (AvgIpc) is 3.39. The number of unbranched alkanes of at least 4 members (excludes halogenated alkanes) is 3. The molecule has 6 atom stereocenters. The van der Waals surface area contributed by atoms with Gasteiger partial charge in [0, 0.05) is 30.4 Å². The van der Waals surface area contributed by atoms with Gasteiger partial charge in [0.1, 0.15) is 17.6 Å². The number of fused-ring (bicyclic) bond motifs is 1. The molecule has 0 aliphatic carbocycles. The fraction of sp³-hybridized carbons (Fsp3) is 0.621. The van der Waals surface area contributed by atoms with E-state index in [9.17, 15) is 14.4 Å². The summed E-state index contributed by atoms with van der Waals surface area (Å²) in [4.78, 5) is 45.1. The third-order valence-electron chi connectivity index (χ3n) is 8.61. The Kier molecular flexibility index (Phi) is 8.55. The Morgan fingerprint density at radius 3 is 2.58 bits per heavy atom. The number of carbonyl (C=O) groups excluding carboxylic acids is 3. The van der Waals surface area contributed by atoms with E-state index in [1.807, 2.05) is 13.8 Å². The van der Waals surface area contributed by atoms with Gasteiger partial charge < -0.3 is 24.4 Å². The van der Waals surface area contributed by atoms with E-state index in [1.165, 1.54) is 0 Å². The molecule has 3 heterocycles. The fourth-order valence-corrected chi connectivity index (χ4v) is 6.94. The van der Waals surface area contributed by atoms with Gasteiger partial charge in [-0.25, -0.2) is 0 Å². The smallest absolute Gasteiger partial charge is 0.312 e. The average molecular weight is 547 g/mol. The van der Waals surface area contributed by atoms with E-state index in [-0.39, 0.29) is 37.5 Å². The van der Waals surface area contributed by atoms with Crippen molar-refractivity contribution in [2.24, 2.45) is 17.8 Å². The predicted octanol–water partition coefficient (Wildman–Crippen LogP) is 3.99. The first-order valence-electron chi connectivity index (χ1n) is 13.6. The molecule has 1 aromatic carbocycles. The monoisotopic (exact) mass is 546 g/mol. The molecule has 1 N–H and O–H groups in total. The van der Waals surface area contributed by atoms with Gasteiger partial charge in [-0.15, -0.1) is 6.58 Å². The molecular formula is C29H39ClN2O6. The van der Waals surface area contributed by atoms with Crippen LogP contribution in [-0.4, -0.2) is 71.3 Å². The molecule has 1 aromatic rings. The van der Waals surface area contributed by atoms with Crippen LogP contribution in [0.15, 0.2) is 36.9 Å². The molecule has 3 unspecified atom stereocenters. The Balaban J connectivity index is 1.76. The van der Waals surface area contributed by atoms with Crippen molar-refractivity contribution in [2.45, 2.75) is 70.1 Å². The minimum Gasteiger partial charge on any atom is -0.466 e. The molecule has 0 aromatic heterocycles. The zero-order valence-electron chi connectivity index (χ0n) is 22.5. The first kappa shape index (κ1) is 28.6. The second-order valence-electron chi connectivity index (χ2n) is 10.8. The van der Waals surface area contributed by atoms with Crippen molar-refractivity contribution in [3.63, 3.8) is 0 Å². The number of halogens is 1. The third-order valence-corrected chi connectivity index (χ3v) is 8.86. The number of nitrogens with zero attached hydrogens (tertiary/aromatic N) is 2. The third kappa shape index (κ3) is 4.65. The van der Waals surface area contributed by atoms with Gasteiger partial charge in [0.25, 0.3) is 5.91 Å². The number of aliphatic hydroxyl groups is 1. The van der Waals surface area contributed by atoms with Crippen LogP contribution in [0.4, 0.5) is 5.69 Å². The minimum atomic E-state index is -1.13. The fourth-order valence-electron chi connectivity index (χ4n) is 6.82. The lowest BCUT2D eigenvalue weighted by Crippen LogP contribution is -2.57. The lowest BCUT2D eigenvalue weighted by Gasteiger charge is -2.37. The van der Waals surface area contributed by atoms with E-state index in [0.29, 0.717) is 36.5 Å². The molecule has 4 rings (SSSR count). The maximum Gasteiger partial charge on any atom is 0.312 e. The van der Waals surface area contributed by atoms with E-state index < -0.39 is 35.0 Å². The maximum atomic E-state index is 14.5. The number of benzene rings is 1. The standard InChI is InChI=1S/C29H39ClN2O6/c1-5-15-31(21-13-11-20(30)12-14-21)26(35)24-29-18-19(3)28(4,38-29)23(27(36)37-6-2)22(29)25(34)32(24)16-9-7-8-10-17-33/h5,11-14,19,22-24,33H,1,6-10,15-18H2,2-4H3/t19?,22-,23+,24?,28-,29?/m0/s1. The zero-order valence-corrected chi connectivity index (χ0v) is 23.3. The number of aliphatic hydroxyl groups excluding tert-OH is 1. The topological polar surface area (TPSA) is 96.4 Å². The van der Waals surface area contributed by atoms with E-state index in [0.717, 1.165) is 12.8 Å². The minimum absolute atomic E-state index is 0.0517. The summed E-state index contributed by atoms with van der Waals surface area (Å²) in [7, 11) is 0. The van der Waals surface area contributed by atoms with Gasteiger partial charge in [0.05, 0.1) is 18.1 Å². The summed E-state index contributed by atoms with van der Waals surface area (Å²) in [5.74, 6) is -2.56. The van der Waals surface area contributed by atoms with Crippen LogP contribution >= 0.6 is 11.6 Å². The largest absolute Gasteiger partial charge is 0.466 e. The highest BCUT2D eigenvalue weighted by atomic mass is 35.5. The number of amides is 2. The lowest BCUT2D eigenvalue weighted by molar-refractivity contribution is -0.161. The summed E-state index contributed by atoms with van der Waals surface area (Å²) in [5, 5.41) is 9.68. The molecule has 3 saturated heterocycles. The van der Waals surface area contributed by atoms with Gasteiger partial charge in [-0.1, -0.05) is 37.4 Å². The first-order chi connectivity index (χ1) is 18.2. The van der Waals surface area contributed by atoms with E-state index >= 15 is 0 Å². The number of anilines is 1. The predicted molar refractivity (Wildman–Crippen MR) is 145 cm³/mol. The summed E-state index contributed by atoms with van der Waals surface area (Å²) in [5.41, 5.74) is -1.39. The molecule has 8 nitrogen and oxygen atoms in total. The molecule has 208 valence electrons. The molecule has 2 bridgehead atoms. The summed E-state index contributed by atoms with van der Waals surface area (Å²) < 4.78 is 12.2. The Morgan fingerprint density at radius 2 is 1.95 bits per heavy atom. The van der Waals surface area contributed by atoms with Crippen molar-refractivity contribution in [2.75, 3.05) is 31.2 Å². The number of ether oxygens (including phenoxy) is 2. The van der Waals surface area contributed by atoms with Crippen molar-refractivity contribution in [3.05, 3.63) is 41.9 Å². The van der Waals surface area contributed by atoms with Crippen LogP contribution < -0.4 is 4.90 Å². The van der Waals surface area contributed by atoms with Crippen LogP contribution in [-0.2, 0) is 23.9 Å². The highest BCUT2D eigenvalue weighted by molar-refractivity contribution is 6.30. The van der Waals surface area contributed by atoms with Gasteiger partial charge in [0.2, 0.25) is 5.91 Å². The Labute approximate surface area is 229 Å². The number of hydrogen-bond acceptors (Lipinski definition) is 6. The van der Waals surface area contributed by atoms with Crippen LogP contribution in [0.1, 0.15) is 52.9 Å². The number of likely N-dealkylation sites (tertiary alicyclic amines) is 1. The van der Waals surface area contributed by atoms with Crippen molar-refractivity contribution < 1.29 is 29.0 Å². The zero-order chi connectivity index (χ0) is 27.7. The molecule has 1 spiro atoms. The molecule has 3 fully saturated rings. The van der Waals surface area contributed by atoms with Gasteiger partial charge in [-0.2, -0.15) is 0 Å². The Bertz CT molecular complexity index is 1060. The quantitative estimate of drug-likeness (QED) is 0.242. The van der Waals surface area contributed by atoms with Gasteiger partial charge in [0.15, 0.2) is 0 Å². The molecule has 0 saturated carbocycles. The number of rotatable bonds is 12. The van der Waals surface area contributed by atoms with E-state index in [2.05, 4.69) is 6.58 Å². The lowest BCUT2D eigenvalue weighted by atomic mass is 9.62. The summed E-state index contributed by atoms with van der Waals surface area (Å²) in [6, 6.07) is 6.09. The molecule has 38 heavy (non-hydrogen) atoms. The molecule has 0 radical (unpaired) electrons. The van der Waals surface area contributed by atoms with Gasteiger partial charge in [-0.05, 0) is 63.3 Å². The van der Waals surface area contributed by atoms with Crippen LogP contribution in [0.2, 0.25) is 5.02 Å². The van der Waals surface area contributed by atoms with Crippen LogP contribution in [0.5, 0.6) is 0 Å². The van der Waals surface area contributed by atoms with Crippen molar-refractivity contribution in [1.82, 2.24) is 4.90 Å². The Morgan fingerprint density at radius 1 is 1.26 bits per heavy atom. The SMILES string of the molecule is C=CCN(C(=O)C1N(CCCCCCO)C(=O)[C@@H]2[C@H](C(=O)OCC)[C@@]3(C)OC12CC3C)c1ccc(Cl)cc1. The van der Waals surface area contributed by atoms with Gasteiger partial charge in [-0.3, -0.25) is 14.4 Å². The molecular weight excluding hydrogens is 508 g/mol. The van der Waals surface area contributed by atoms with Crippen LogP contribution in [0.25, 0.3) is 0 Å². The normalized spacial score (nSPS) is 31.4. The van der Waals surface area contributed by atoms with Crippen molar-refractivity contribution in [3.8, 4) is 0 Å². The number of hydrogen-bond donors (Lipinski definition) is 1.